The molecule has 3 atom stereocenters. The smallest absolute Gasteiger partial charge is 0.262 e. The molecule has 0 aromatic carbocycles. The number of carbonyl (C=O) groups excluding carboxylic acids is 4. The summed E-state index contributed by atoms with van der Waals surface area (Å²) in [5.74, 6) is -2.86. The average Bonchev–Trinajstić information content (AvgIpc) is 2.64. The highest BCUT2D eigenvalue weighted by molar-refractivity contribution is 6.26. The van der Waals surface area contributed by atoms with E-state index < -0.39 is 41.8 Å². The summed E-state index contributed by atoms with van der Waals surface area (Å²) in [6, 6.07) is -1.01. The van der Waals surface area contributed by atoms with Crippen molar-refractivity contribution in [3.63, 3.8) is 0 Å². The van der Waals surface area contributed by atoms with E-state index >= 15 is 0 Å². The van der Waals surface area contributed by atoms with E-state index in [1.807, 2.05) is 0 Å². The minimum atomic E-state index is -1.33. The van der Waals surface area contributed by atoms with E-state index in [9.17, 15) is 23.6 Å². The maximum Gasteiger partial charge on any atom is 0.262 e. The van der Waals surface area contributed by atoms with Gasteiger partial charge in [-0.25, -0.2) is 4.39 Å². The lowest BCUT2D eigenvalue weighted by atomic mass is 9.91. The highest BCUT2D eigenvalue weighted by atomic mass is 19.1. The molecule has 3 aliphatic rings. The number of fused-ring (bicyclic) bond motifs is 1. The van der Waals surface area contributed by atoms with Crippen LogP contribution in [-0.2, 0) is 19.2 Å². The van der Waals surface area contributed by atoms with Crippen molar-refractivity contribution in [1.29, 1.82) is 0 Å². The zero-order valence-electron chi connectivity index (χ0n) is 11.3. The molecule has 6 nitrogen and oxygen atoms in total. The Morgan fingerprint density at radius 2 is 1.76 bits per heavy atom. The van der Waals surface area contributed by atoms with Gasteiger partial charge in [-0.3, -0.25) is 29.4 Å². The van der Waals surface area contributed by atoms with Crippen molar-refractivity contribution in [2.24, 2.45) is 5.92 Å². The summed E-state index contributed by atoms with van der Waals surface area (Å²) in [7, 11) is 0. The molecule has 0 aromatic rings. The topological polar surface area (TPSA) is 83.6 Å². The Hall–Kier alpha value is -2.31. The highest BCUT2D eigenvalue weighted by Gasteiger charge is 2.48. The maximum absolute atomic E-state index is 13.7. The molecule has 2 fully saturated rings. The summed E-state index contributed by atoms with van der Waals surface area (Å²) in [4.78, 5) is 48.4. The lowest BCUT2D eigenvalue weighted by Gasteiger charge is -2.27. The highest BCUT2D eigenvalue weighted by Crippen LogP contribution is 2.35. The van der Waals surface area contributed by atoms with Gasteiger partial charge >= 0.3 is 0 Å². The van der Waals surface area contributed by atoms with Crippen LogP contribution in [0.2, 0.25) is 0 Å². The Kier molecular flexibility index (Phi) is 3.00. The molecule has 0 aromatic heterocycles. The fourth-order valence-corrected chi connectivity index (χ4v) is 2.78. The summed E-state index contributed by atoms with van der Waals surface area (Å²) in [5, 5.41) is 2.11. The van der Waals surface area contributed by atoms with Crippen LogP contribution in [0.1, 0.15) is 19.8 Å². The van der Waals surface area contributed by atoms with Crippen LogP contribution in [0.3, 0.4) is 0 Å². The van der Waals surface area contributed by atoms with Crippen molar-refractivity contribution in [2.45, 2.75) is 32.0 Å². The normalized spacial score (nSPS) is 32.7. The Morgan fingerprint density at radius 1 is 1.14 bits per heavy atom. The molecule has 0 radical (unpaired) electrons. The molecular formula is C14H13FN2O4. The van der Waals surface area contributed by atoms with E-state index in [1.54, 1.807) is 6.92 Å². The second-order valence-electron chi connectivity index (χ2n) is 5.41. The average molecular weight is 292 g/mol. The zero-order chi connectivity index (χ0) is 15.3. The number of piperidine rings is 1. The van der Waals surface area contributed by atoms with Gasteiger partial charge < -0.3 is 0 Å². The Bertz CT molecular complexity index is 601. The van der Waals surface area contributed by atoms with Gasteiger partial charge in [0.25, 0.3) is 11.8 Å². The van der Waals surface area contributed by atoms with E-state index in [2.05, 4.69) is 5.32 Å². The monoisotopic (exact) mass is 292 g/mol. The molecule has 0 saturated carbocycles. The molecule has 2 aliphatic heterocycles. The number of amides is 4. The molecule has 110 valence electrons. The summed E-state index contributed by atoms with van der Waals surface area (Å²) < 4.78 is 13.7. The fourth-order valence-electron chi connectivity index (χ4n) is 2.78. The first-order valence-corrected chi connectivity index (χ1v) is 6.70. The standard InChI is InChI=1S/C14H13FN2O4/c1-6-4-7-8(5-9(6)15)14(21)17(13(7)20)10-2-3-11(18)16-12(10)19/h4-6,9-10H,2-3H2,1H3,(H,16,18,19). The van der Waals surface area contributed by atoms with Crippen molar-refractivity contribution in [2.75, 3.05) is 0 Å². The number of carbonyl (C=O) groups is 4. The van der Waals surface area contributed by atoms with Gasteiger partial charge in [-0.1, -0.05) is 13.0 Å². The molecule has 2 saturated heterocycles. The van der Waals surface area contributed by atoms with Gasteiger partial charge in [0.2, 0.25) is 11.8 Å². The van der Waals surface area contributed by atoms with Gasteiger partial charge in [0, 0.05) is 17.9 Å². The number of halogens is 1. The first-order chi connectivity index (χ1) is 9.90. The third kappa shape index (κ3) is 2.00. The van der Waals surface area contributed by atoms with Gasteiger partial charge in [0.1, 0.15) is 12.2 Å². The summed E-state index contributed by atoms with van der Waals surface area (Å²) in [5.41, 5.74) is 0.154. The third-order valence-corrected chi connectivity index (χ3v) is 3.97. The van der Waals surface area contributed by atoms with Gasteiger partial charge in [0.15, 0.2) is 0 Å². The second-order valence-corrected chi connectivity index (χ2v) is 5.41. The predicted octanol–water partition coefficient (Wildman–Crippen LogP) is 0.001000. The molecule has 4 amide bonds. The number of alkyl halides is 1. The number of allylic oxidation sites excluding steroid dienone is 2. The van der Waals surface area contributed by atoms with Crippen LogP contribution >= 0.6 is 0 Å². The van der Waals surface area contributed by atoms with E-state index in [-0.39, 0.29) is 24.0 Å². The number of hydrogen-bond donors (Lipinski definition) is 1. The number of rotatable bonds is 1. The lowest BCUT2D eigenvalue weighted by molar-refractivity contribution is -0.149. The Balaban J connectivity index is 1.95. The zero-order valence-corrected chi connectivity index (χ0v) is 11.3. The summed E-state index contributed by atoms with van der Waals surface area (Å²) in [6.45, 7) is 1.61. The van der Waals surface area contributed by atoms with Crippen LogP contribution in [0.15, 0.2) is 23.3 Å². The quantitative estimate of drug-likeness (QED) is 0.690. The molecule has 3 unspecified atom stereocenters. The van der Waals surface area contributed by atoms with Gasteiger partial charge in [-0.15, -0.1) is 0 Å². The van der Waals surface area contributed by atoms with Crippen molar-refractivity contribution in [3.8, 4) is 0 Å². The molecule has 1 aliphatic carbocycles. The molecular weight excluding hydrogens is 279 g/mol. The van der Waals surface area contributed by atoms with Gasteiger partial charge in [0.05, 0.1) is 5.57 Å². The van der Waals surface area contributed by atoms with Crippen LogP contribution in [-0.4, -0.2) is 40.7 Å². The minimum Gasteiger partial charge on any atom is -0.295 e. The predicted molar refractivity (Wildman–Crippen MR) is 68.3 cm³/mol. The first-order valence-electron chi connectivity index (χ1n) is 6.70. The van der Waals surface area contributed by atoms with E-state index in [0.29, 0.717) is 0 Å². The van der Waals surface area contributed by atoms with E-state index in [0.717, 1.165) is 11.0 Å². The van der Waals surface area contributed by atoms with Gasteiger partial charge in [-0.05, 0) is 12.5 Å². The summed E-state index contributed by atoms with van der Waals surface area (Å²) in [6.07, 6.45) is 1.38. The number of hydrogen-bond acceptors (Lipinski definition) is 4. The molecule has 0 bridgehead atoms. The maximum atomic E-state index is 13.7. The van der Waals surface area contributed by atoms with E-state index in [1.165, 1.54) is 6.08 Å². The SMILES string of the molecule is CC1C=C2C(=O)N(C3CCC(=O)NC3=O)C(=O)C2=CC1F. The van der Waals surface area contributed by atoms with Crippen molar-refractivity contribution in [1.82, 2.24) is 10.2 Å². The van der Waals surface area contributed by atoms with Crippen molar-refractivity contribution < 1.29 is 23.6 Å². The van der Waals surface area contributed by atoms with Crippen LogP contribution in [0, 0.1) is 5.92 Å². The first kappa shape index (κ1) is 13.7. The van der Waals surface area contributed by atoms with Crippen molar-refractivity contribution in [3.05, 3.63) is 23.3 Å². The third-order valence-electron chi connectivity index (χ3n) is 3.97. The van der Waals surface area contributed by atoms with Gasteiger partial charge in [-0.2, -0.15) is 0 Å². The molecule has 7 heteroatoms. The Labute approximate surface area is 119 Å². The number of nitrogens with one attached hydrogen (secondary N) is 1. The summed E-state index contributed by atoms with van der Waals surface area (Å²) >= 11 is 0. The molecule has 1 N–H and O–H groups in total. The van der Waals surface area contributed by atoms with Crippen molar-refractivity contribution >= 4 is 23.6 Å². The van der Waals surface area contributed by atoms with Crippen LogP contribution in [0.4, 0.5) is 4.39 Å². The molecule has 2 heterocycles. The van der Waals surface area contributed by atoms with E-state index in [4.69, 9.17) is 0 Å². The Morgan fingerprint density at radius 3 is 2.38 bits per heavy atom. The molecule has 21 heavy (non-hydrogen) atoms. The number of nitrogens with zero attached hydrogens (tertiary/aromatic N) is 1. The minimum absolute atomic E-state index is 0.00954. The van der Waals surface area contributed by atoms with Crippen LogP contribution in [0.25, 0.3) is 0 Å². The lowest BCUT2D eigenvalue weighted by Crippen LogP contribution is -2.54. The molecule has 0 spiro atoms. The van der Waals surface area contributed by atoms with Crippen LogP contribution in [0.5, 0.6) is 0 Å². The fraction of sp³-hybridized carbons (Fsp3) is 0.429. The van der Waals surface area contributed by atoms with Crippen LogP contribution < -0.4 is 5.32 Å². The number of imide groups is 2. The second kappa shape index (κ2) is 4.61. The molecule has 3 rings (SSSR count). The number of likely N-dealkylation sites (tertiary alicyclic amines) is 1. The largest absolute Gasteiger partial charge is 0.295 e.